The topological polar surface area (TPSA) is 56.7 Å². The van der Waals surface area contributed by atoms with Gasteiger partial charge < -0.3 is 4.42 Å². The highest BCUT2D eigenvalue weighted by molar-refractivity contribution is 6.21. The van der Waals surface area contributed by atoms with Gasteiger partial charge in [0.25, 0.3) is 0 Å². The molecule has 5 nitrogen and oxygen atoms in total. The van der Waals surface area contributed by atoms with Crippen LogP contribution in [0.1, 0.15) is 0 Å². The van der Waals surface area contributed by atoms with Crippen LogP contribution in [0.5, 0.6) is 0 Å². The number of rotatable bonds is 6. The summed E-state index contributed by atoms with van der Waals surface area (Å²) in [6.07, 6.45) is 0. The molecule has 3 aromatic heterocycles. The van der Waals surface area contributed by atoms with E-state index >= 15 is 0 Å². The van der Waals surface area contributed by atoms with Gasteiger partial charge in [0.2, 0.25) is 5.95 Å². The van der Waals surface area contributed by atoms with Gasteiger partial charge in [-0.15, -0.1) is 0 Å². The van der Waals surface area contributed by atoms with Crippen molar-refractivity contribution in [1.82, 2.24) is 19.5 Å². The van der Waals surface area contributed by atoms with Crippen molar-refractivity contribution in [1.29, 1.82) is 0 Å². The third kappa shape index (κ3) is 5.37. The molecule has 5 heteroatoms. The maximum absolute atomic E-state index is 6.73. The molecule has 0 fully saturated rings. The zero-order chi connectivity index (χ0) is 37.0. The fraction of sp³-hybridized carbons (Fsp3) is 0. The summed E-state index contributed by atoms with van der Waals surface area (Å²) in [5.41, 5.74) is 12.2. The summed E-state index contributed by atoms with van der Waals surface area (Å²) in [4.78, 5) is 15.6. The van der Waals surface area contributed by atoms with Crippen LogP contribution in [0.2, 0.25) is 0 Å². The minimum atomic E-state index is 0.520. The number of fused-ring (bicyclic) bond motifs is 7. The van der Waals surface area contributed by atoms with Crippen molar-refractivity contribution >= 4 is 43.7 Å². The molecule has 0 atom stereocenters. The van der Waals surface area contributed by atoms with Crippen molar-refractivity contribution in [2.24, 2.45) is 0 Å². The maximum Gasteiger partial charge on any atom is 0.238 e. The van der Waals surface area contributed by atoms with E-state index in [1.165, 1.54) is 11.1 Å². The van der Waals surface area contributed by atoms with Crippen molar-refractivity contribution in [3.05, 3.63) is 194 Å². The van der Waals surface area contributed by atoms with E-state index in [1.54, 1.807) is 0 Å². The summed E-state index contributed by atoms with van der Waals surface area (Å²) in [7, 11) is 0. The molecule has 0 spiro atoms. The molecule has 3 heterocycles. The number of benzene rings is 8. The minimum absolute atomic E-state index is 0.520. The number of furan rings is 1. The first kappa shape index (κ1) is 31.9. The minimum Gasteiger partial charge on any atom is -0.454 e. The van der Waals surface area contributed by atoms with Crippen LogP contribution >= 0.6 is 0 Å². The normalized spacial score (nSPS) is 11.6. The Balaban J connectivity index is 1.16. The lowest BCUT2D eigenvalue weighted by atomic mass is 9.99. The van der Waals surface area contributed by atoms with Crippen LogP contribution in [-0.2, 0) is 0 Å². The first-order valence-electron chi connectivity index (χ1n) is 18.8. The van der Waals surface area contributed by atoms with Crippen LogP contribution in [0.15, 0.2) is 199 Å². The molecule has 8 aromatic carbocycles. The van der Waals surface area contributed by atoms with Gasteiger partial charge in [-0.3, -0.25) is 4.57 Å². The molecule has 0 radical (unpaired) electrons. The first-order valence-corrected chi connectivity index (χ1v) is 18.8. The predicted octanol–water partition coefficient (Wildman–Crippen LogP) is 13.2. The van der Waals surface area contributed by atoms with Gasteiger partial charge in [0, 0.05) is 32.7 Å². The van der Waals surface area contributed by atoms with Gasteiger partial charge in [0.15, 0.2) is 17.2 Å². The van der Waals surface area contributed by atoms with Crippen LogP contribution in [0.3, 0.4) is 0 Å². The average molecular weight is 717 g/mol. The summed E-state index contributed by atoms with van der Waals surface area (Å²) in [5.74, 6) is 1.71. The van der Waals surface area contributed by atoms with Crippen molar-refractivity contribution in [2.75, 3.05) is 0 Å². The van der Waals surface area contributed by atoms with Gasteiger partial charge in [-0.25, -0.2) is 4.98 Å². The lowest BCUT2D eigenvalue weighted by molar-refractivity contribution is 0.670. The molecule has 0 aliphatic carbocycles. The van der Waals surface area contributed by atoms with Crippen molar-refractivity contribution in [3.63, 3.8) is 0 Å². The molecular formula is C51H32N4O. The molecule has 0 N–H and O–H groups in total. The highest BCUT2D eigenvalue weighted by Crippen LogP contribution is 2.41. The first-order chi connectivity index (χ1) is 27.7. The second-order valence-electron chi connectivity index (χ2n) is 14.0. The van der Waals surface area contributed by atoms with Crippen LogP contribution in [0, 0.1) is 0 Å². The second-order valence-corrected chi connectivity index (χ2v) is 14.0. The standard InChI is InChI=1S/C51H32N4O/c1-4-13-33(14-5-1)35-23-25-36(26-24-35)39-27-30-45-44(32-39)42-28-29-43-41-21-10-11-22-46(41)56-48(43)47(42)55(45)51-53-49(37-17-8-3-9-18-37)52-50(54-51)40-20-12-19-38(31-40)34-15-6-2-7-16-34/h1-32H. The Morgan fingerprint density at radius 2 is 0.857 bits per heavy atom. The van der Waals surface area contributed by atoms with E-state index in [-0.39, 0.29) is 0 Å². The zero-order valence-corrected chi connectivity index (χ0v) is 30.2. The summed E-state index contributed by atoms with van der Waals surface area (Å²) < 4.78 is 8.89. The van der Waals surface area contributed by atoms with Gasteiger partial charge in [0.05, 0.1) is 5.52 Å². The highest BCUT2D eigenvalue weighted by Gasteiger charge is 2.23. The van der Waals surface area contributed by atoms with E-state index in [2.05, 4.69) is 144 Å². The van der Waals surface area contributed by atoms with E-state index in [1.807, 2.05) is 54.6 Å². The Bertz CT molecular complexity index is 3220. The SMILES string of the molecule is c1ccc(-c2ccc(-c3ccc4c(c3)c3ccc5c6ccccc6oc5c3n4-c3nc(-c4ccccc4)nc(-c4cccc(-c5ccccc5)c4)n3)cc2)cc1. The number of nitrogens with zero attached hydrogens (tertiary/aromatic N) is 4. The summed E-state index contributed by atoms with van der Waals surface area (Å²) in [6.45, 7) is 0. The van der Waals surface area contributed by atoms with Gasteiger partial charge in [0.1, 0.15) is 11.1 Å². The van der Waals surface area contributed by atoms with E-state index < -0.39 is 0 Å². The van der Waals surface area contributed by atoms with E-state index in [9.17, 15) is 0 Å². The van der Waals surface area contributed by atoms with Crippen LogP contribution < -0.4 is 0 Å². The van der Waals surface area contributed by atoms with E-state index in [0.29, 0.717) is 17.6 Å². The van der Waals surface area contributed by atoms with E-state index in [4.69, 9.17) is 19.4 Å². The van der Waals surface area contributed by atoms with Gasteiger partial charge in [-0.2, -0.15) is 9.97 Å². The predicted molar refractivity (Wildman–Crippen MR) is 229 cm³/mol. The Morgan fingerprint density at radius 1 is 0.339 bits per heavy atom. The fourth-order valence-corrected chi connectivity index (χ4v) is 7.93. The Kier molecular flexibility index (Phi) is 7.42. The lowest BCUT2D eigenvalue weighted by Crippen LogP contribution is -2.06. The molecule has 0 amide bonds. The van der Waals surface area contributed by atoms with Crippen LogP contribution in [0.25, 0.3) is 106 Å². The molecule has 0 aliphatic heterocycles. The number of hydrogen-bond acceptors (Lipinski definition) is 4. The third-order valence-corrected chi connectivity index (χ3v) is 10.7. The maximum atomic E-state index is 6.73. The number of hydrogen-bond donors (Lipinski definition) is 0. The molecule has 0 bridgehead atoms. The number of aromatic nitrogens is 4. The molecule has 11 rings (SSSR count). The summed E-state index contributed by atoms with van der Waals surface area (Å²) in [5, 5.41) is 4.26. The molecule has 56 heavy (non-hydrogen) atoms. The zero-order valence-electron chi connectivity index (χ0n) is 30.2. The van der Waals surface area contributed by atoms with Crippen LogP contribution in [-0.4, -0.2) is 19.5 Å². The summed E-state index contributed by atoms with van der Waals surface area (Å²) in [6, 6.07) is 67.5. The molecule has 0 unspecified atom stereocenters. The van der Waals surface area contributed by atoms with Crippen LogP contribution in [0.4, 0.5) is 0 Å². The molecule has 0 saturated carbocycles. The van der Waals surface area contributed by atoms with Crippen molar-refractivity contribution in [3.8, 4) is 62.1 Å². The average Bonchev–Trinajstić information content (AvgIpc) is 3.83. The smallest absolute Gasteiger partial charge is 0.238 e. The largest absolute Gasteiger partial charge is 0.454 e. The summed E-state index contributed by atoms with van der Waals surface area (Å²) >= 11 is 0. The van der Waals surface area contributed by atoms with E-state index in [0.717, 1.165) is 77.1 Å². The van der Waals surface area contributed by atoms with Gasteiger partial charge in [-0.1, -0.05) is 164 Å². The van der Waals surface area contributed by atoms with Crippen molar-refractivity contribution in [2.45, 2.75) is 0 Å². The Morgan fingerprint density at radius 3 is 1.59 bits per heavy atom. The molecule has 0 saturated heterocycles. The monoisotopic (exact) mass is 716 g/mol. The lowest BCUT2D eigenvalue weighted by Gasteiger charge is -2.12. The van der Waals surface area contributed by atoms with Gasteiger partial charge >= 0.3 is 0 Å². The van der Waals surface area contributed by atoms with Gasteiger partial charge in [-0.05, 0) is 63.7 Å². The molecule has 0 aliphatic rings. The van der Waals surface area contributed by atoms with Crippen molar-refractivity contribution < 1.29 is 4.42 Å². The Hall–Kier alpha value is -7.63. The fourth-order valence-electron chi connectivity index (χ4n) is 7.93. The molecule has 262 valence electrons. The quantitative estimate of drug-likeness (QED) is 0.172. The second kappa shape index (κ2) is 13.0. The molecule has 11 aromatic rings. The number of para-hydroxylation sites is 1. The third-order valence-electron chi connectivity index (χ3n) is 10.7. The highest BCUT2D eigenvalue weighted by atomic mass is 16.3. The molecular weight excluding hydrogens is 685 g/mol. The Labute approximate surface area is 322 Å².